The summed E-state index contributed by atoms with van der Waals surface area (Å²) < 4.78 is 32.7. The Morgan fingerprint density at radius 1 is 1.42 bits per heavy atom. The van der Waals surface area contributed by atoms with E-state index in [-0.39, 0.29) is 41.6 Å². The lowest BCUT2D eigenvalue weighted by Crippen LogP contribution is -2.42. The number of amides is 1. The Morgan fingerprint density at radius 2 is 2.15 bits per heavy atom. The fourth-order valence-corrected chi connectivity index (χ4v) is 3.71. The summed E-state index contributed by atoms with van der Waals surface area (Å²) >= 11 is 0. The van der Waals surface area contributed by atoms with Crippen LogP contribution in [-0.2, 0) is 21.4 Å². The third-order valence-corrected chi connectivity index (χ3v) is 5.18. The van der Waals surface area contributed by atoms with E-state index in [1.807, 2.05) is 0 Å². The van der Waals surface area contributed by atoms with Crippen LogP contribution < -0.4 is 0 Å². The van der Waals surface area contributed by atoms with Crippen molar-refractivity contribution in [1.82, 2.24) is 9.80 Å². The van der Waals surface area contributed by atoms with Crippen LogP contribution >= 0.6 is 0 Å². The van der Waals surface area contributed by atoms with E-state index in [4.69, 9.17) is 9.52 Å². The number of furan rings is 1. The smallest absolute Gasteiger partial charge is 0.339 e. The van der Waals surface area contributed by atoms with Gasteiger partial charge in [-0.25, -0.2) is 13.2 Å². The van der Waals surface area contributed by atoms with Gasteiger partial charge in [-0.3, -0.25) is 4.79 Å². The number of aromatic carboxylic acids is 1. The van der Waals surface area contributed by atoms with E-state index in [0.717, 1.165) is 0 Å². The number of hydrogen-bond donors (Lipinski definition) is 1. The zero-order valence-electron chi connectivity index (χ0n) is 14.2. The van der Waals surface area contributed by atoms with Crippen molar-refractivity contribution in [2.45, 2.75) is 13.5 Å². The summed E-state index contributed by atoms with van der Waals surface area (Å²) in [4.78, 5) is 26.8. The van der Waals surface area contributed by atoms with Gasteiger partial charge in [-0.2, -0.15) is 0 Å². The lowest BCUT2D eigenvalue weighted by molar-refractivity contribution is -0.126. The van der Waals surface area contributed by atoms with Gasteiger partial charge in [-0.05, 0) is 25.1 Å². The number of carbonyl (C=O) groups excluding carboxylic acids is 1. The molecule has 0 radical (unpaired) electrons. The fourth-order valence-electron chi connectivity index (χ4n) is 2.73. The molecule has 0 spiro atoms. The number of carboxylic acid groups (broad SMARTS) is 1. The summed E-state index contributed by atoms with van der Waals surface area (Å²) in [6, 6.07) is 1.37. The van der Waals surface area contributed by atoms with Crippen LogP contribution in [0.5, 0.6) is 0 Å². The first-order valence-corrected chi connectivity index (χ1v) is 9.35. The van der Waals surface area contributed by atoms with Crippen LogP contribution in [0, 0.1) is 6.92 Å². The number of allylic oxidation sites excluding steroid dienone is 2. The van der Waals surface area contributed by atoms with E-state index >= 15 is 0 Å². The highest BCUT2D eigenvalue weighted by Crippen LogP contribution is 2.21. The number of carbonyl (C=O) groups is 2. The highest BCUT2D eigenvalue weighted by molar-refractivity contribution is 7.90. The molecule has 0 unspecified atom stereocenters. The Kier molecular flexibility index (Phi) is 4.45. The fraction of sp³-hybridized carbons (Fsp3) is 0.312. The minimum absolute atomic E-state index is 0.0358. The zero-order valence-corrected chi connectivity index (χ0v) is 15.0. The molecule has 3 rings (SSSR count). The van der Waals surface area contributed by atoms with Crippen LogP contribution in [-0.4, -0.2) is 60.4 Å². The number of fused-ring (bicyclic) bond motifs is 1. The molecule has 0 bridgehead atoms. The van der Waals surface area contributed by atoms with Crippen molar-refractivity contribution < 1.29 is 27.5 Å². The Bertz CT molecular complexity index is 970. The molecule has 2 aliphatic rings. The molecule has 138 valence electrons. The number of hydrogen-bond acceptors (Lipinski definition) is 6. The Hall–Kier alpha value is -2.88. The number of aryl methyl sites for hydroxylation is 1. The Morgan fingerprint density at radius 3 is 2.81 bits per heavy atom. The van der Waals surface area contributed by atoms with Gasteiger partial charge >= 0.3 is 5.97 Å². The molecule has 1 aromatic rings. The van der Waals surface area contributed by atoms with Gasteiger partial charge < -0.3 is 19.3 Å². The molecule has 3 heterocycles. The van der Waals surface area contributed by atoms with Crippen molar-refractivity contribution >= 4 is 27.7 Å². The molecule has 10 heteroatoms. The maximum Gasteiger partial charge on any atom is 0.339 e. The molecule has 0 saturated carbocycles. The third-order valence-electron chi connectivity index (χ3n) is 4.03. The molecule has 0 saturated heterocycles. The number of carboxylic acids is 1. The van der Waals surface area contributed by atoms with E-state index in [0.29, 0.717) is 5.76 Å². The van der Waals surface area contributed by atoms with Gasteiger partial charge in [0.15, 0.2) is 5.84 Å². The quantitative estimate of drug-likeness (QED) is 0.819. The normalized spacial score (nSPS) is 18.0. The lowest BCUT2D eigenvalue weighted by Gasteiger charge is -2.30. The Labute approximate surface area is 150 Å². The van der Waals surface area contributed by atoms with Crippen LogP contribution in [0.15, 0.2) is 38.8 Å². The predicted molar refractivity (Wildman–Crippen MR) is 92.0 cm³/mol. The van der Waals surface area contributed by atoms with Crippen LogP contribution in [0.3, 0.4) is 0 Å². The van der Waals surface area contributed by atoms with E-state index < -0.39 is 21.9 Å². The summed E-state index contributed by atoms with van der Waals surface area (Å²) in [5.41, 5.74) is 0.189. The highest BCUT2D eigenvalue weighted by atomic mass is 32.2. The number of sulfonamides is 1. The molecule has 0 aromatic carbocycles. The first kappa shape index (κ1) is 17.9. The molecular formula is C16H17N3O6S. The standard InChI is InChI=1S/C16H17N3O6S/c1-10-13(16(21)22)8-11(25-10)9-18(2)15(20)12-4-3-5-19-6-7-26(23,24)17-14(12)19/h3-5,8H,6-7,9H2,1-2H3,(H,21,22). The zero-order chi connectivity index (χ0) is 19.1. The second-order valence-electron chi connectivity index (χ2n) is 5.97. The third kappa shape index (κ3) is 3.40. The van der Waals surface area contributed by atoms with Crippen molar-refractivity contribution in [3.05, 3.63) is 47.1 Å². The molecule has 26 heavy (non-hydrogen) atoms. The largest absolute Gasteiger partial charge is 0.478 e. The van der Waals surface area contributed by atoms with Crippen molar-refractivity contribution in [3.63, 3.8) is 0 Å². The summed E-state index contributed by atoms with van der Waals surface area (Å²) in [6.45, 7) is 1.79. The SMILES string of the molecule is Cc1oc(CN(C)C(=O)C2=CC=CN3CCS(=O)(=O)N=C23)cc1C(=O)O. The topological polar surface area (TPSA) is 120 Å². The molecule has 0 atom stereocenters. The molecule has 2 aliphatic heterocycles. The minimum Gasteiger partial charge on any atom is -0.478 e. The average Bonchev–Trinajstić information content (AvgIpc) is 2.93. The van der Waals surface area contributed by atoms with E-state index in [9.17, 15) is 18.0 Å². The van der Waals surface area contributed by atoms with Gasteiger partial charge in [0.1, 0.15) is 17.1 Å². The summed E-state index contributed by atoms with van der Waals surface area (Å²) in [6.07, 6.45) is 4.82. The van der Waals surface area contributed by atoms with Gasteiger partial charge in [-0.15, -0.1) is 4.40 Å². The summed E-state index contributed by atoms with van der Waals surface area (Å²) in [7, 11) is -2.08. The van der Waals surface area contributed by atoms with E-state index in [2.05, 4.69) is 4.40 Å². The molecule has 1 aromatic heterocycles. The molecule has 0 fully saturated rings. The average molecular weight is 379 g/mol. The van der Waals surface area contributed by atoms with Gasteiger partial charge in [0.05, 0.1) is 17.9 Å². The first-order valence-electron chi connectivity index (χ1n) is 7.74. The van der Waals surface area contributed by atoms with Gasteiger partial charge in [-0.1, -0.05) is 0 Å². The monoisotopic (exact) mass is 379 g/mol. The Balaban J connectivity index is 1.83. The summed E-state index contributed by atoms with van der Waals surface area (Å²) in [5, 5.41) is 9.07. The predicted octanol–water partition coefficient (Wildman–Crippen LogP) is 0.742. The lowest BCUT2D eigenvalue weighted by atomic mass is 10.1. The highest BCUT2D eigenvalue weighted by Gasteiger charge is 2.31. The van der Waals surface area contributed by atoms with Crippen LogP contribution in [0.4, 0.5) is 0 Å². The van der Waals surface area contributed by atoms with Crippen LogP contribution in [0.2, 0.25) is 0 Å². The van der Waals surface area contributed by atoms with Crippen molar-refractivity contribution in [2.75, 3.05) is 19.3 Å². The van der Waals surface area contributed by atoms with Crippen LogP contribution in [0.25, 0.3) is 0 Å². The second kappa shape index (κ2) is 6.45. The van der Waals surface area contributed by atoms with E-state index in [1.165, 1.54) is 31.0 Å². The van der Waals surface area contributed by atoms with Gasteiger partial charge in [0.25, 0.3) is 15.9 Å². The number of likely N-dealkylation sites (N-methyl/N-ethyl adjacent to an activating group) is 1. The number of rotatable bonds is 4. The van der Waals surface area contributed by atoms with Gasteiger partial charge in [0, 0.05) is 19.8 Å². The summed E-state index contributed by atoms with van der Waals surface area (Å²) in [5.74, 6) is -0.996. The molecule has 0 aliphatic carbocycles. The van der Waals surface area contributed by atoms with Gasteiger partial charge in [0.2, 0.25) is 0 Å². The number of amidine groups is 1. The van der Waals surface area contributed by atoms with Crippen LogP contribution in [0.1, 0.15) is 21.9 Å². The second-order valence-corrected chi connectivity index (χ2v) is 7.72. The maximum atomic E-state index is 12.8. The first-order chi connectivity index (χ1) is 12.2. The van der Waals surface area contributed by atoms with E-state index in [1.54, 1.807) is 17.2 Å². The molecule has 1 amide bonds. The van der Waals surface area contributed by atoms with Crippen molar-refractivity contribution in [3.8, 4) is 0 Å². The molecule has 9 nitrogen and oxygen atoms in total. The van der Waals surface area contributed by atoms with Crippen molar-refractivity contribution in [2.24, 2.45) is 4.40 Å². The molecular weight excluding hydrogens is 362 g/mol. The minimum atomic E-state index is -3.60. The van der Waals surface area contributed by atoms with Crippen molar-refractivity contribution in [1.29, 1.82) is 0 Å². The maximum absolute atomic E-state index is 12.8. The molecule has 1 N–H and O–H groups in total. The number of nitrogens with zero attached hydrogens (tertiary/aromatic N) is 3.